The Morgan fingerprint density at radius 2 is 1.89 bits per heavy atom. The minimum absolute atomic E-state index is 0.0845. The third-order valence-electron chi connectivity index (χ3n) is 6.63. The summed E-state index contributed by atoms with van der Waals surface area (Å²) in [7, 11) is 0. The van der Waals surface area contributed by atoms with Crippen molar-refractivity contribution >= 4 is 35.5 Å². The van der Waals surface area contributed by atoms with Crippen LogP contribution >= 0.6 is 11.8 Å². The van der Waals surface area contributed by atoms with Crippen LogP contribution in [0.3, 0.4) is 0 Å². The van der Waals surface area contributed by atoms with Crippen LogP contribution in [0.2, 0.25) is 0 Å². The lowest BCUT2D eigenvalue weighted by atomic mass is 9.78. The number of β-lactam (4-membered cyclic amide) rings is 1. The zero-order chi connectivity index (χ0) is 26.0. The van der Waals surface area contributed by atoms with Crippen LogP contribution in [0.25, 0.3) is 0 Å². The average molecular weight is 521 g/mol. The van der Waals surface area contributed by atoms with Gasteiger partial charge in [-0.1, -0.05) is 6.92 Å². The van der Waals surface area contributed by atoms with E-state index in [1.54, 1.807) is 6.92 Å². The molecule has 3 amide bonds. The Balaban J connectivity index is 1.71. The second-order valence-corrected chi connectivity index (χ2v) is 10.2. The highest BCUT2D eigenvalue weighted by molar-refractivity contribution is 8.03. The summed E-state index contributed by atoms with van der Waals surface area (Å²) >= 11 is 1.27. The van der Waals surface area contributed by atoms with Gasteiger partial charge >= 0.3 is 12.4 Å². The monoisotopic (exact) mass is 520 g/mol. The number of hydrogen-bond donors (Lipinski definition) is 5. The maximum atomic E-state index is 12.8. The van der Waals surface area contributed by atoms with Crippen LogP contribution in [0.4, 0.5) is 8.78 Å². The molecule has 3 aliphatic rings. The van der Waals surface area contributed by atoms with Crippen LogP contribution in [0.15, 0.2) is 10.6 Å². The van der Waals surface area contributed by atoms with Gasteiger partial charge in [0.05, 0.1) is 31.2 Å². The summed E-state index contributed by atoms with van der Waals surface area (Å²) in [5.41, 5.74) is -0.155. The Morgan fingerprint density at radius 3 is 2.43 bits per heavy atom. The van der Waals surface area contributed by atoms with Gasteiger partial charge in [0.15, 0.2) is 0 Å². The van der Waals surface area contributed by atoms with E-state index in [1.165, 1.54) is 28.5 Å². The molecule has 0 aliphatic carbocycles. The Morgan fingerprint density at radius 1 is 1.26 bits per heavy atom. The molecule has 0 radical (unpaired) electrons. The molecule has 0 saturated carbocycles. The molecule has 3 heterocycles. The summed E-state index contributed by atoms with van der Waals surface area (Å²) in [6, 6.07) is -2.04. The first-order chi connectivity index (χ1) is 16.5. The summed E-state index contributed by atoms with van der Waals surface area (Å²) in [6.07, 6.45) is -2.84. The zero-order valence-electron chi connectivity index (χ0n) is 19.3. The number of carboxylic acids is 1. The number of alkyl halides is 2. The van der Waals surface area contributed by atoms with E-state index in [4.69, 9.17) is 10.2 Å². The van der Waals surface area contributed by atoms with E-state index in [9.17, 15) is 33.1 Å². The molecule has 3 aliphatic heterocycles. The molecule has 0 spiro atoms. The molecule has 14 heteroatoms. The molecule has 2 fully saturated rings. The molecule has 2 saturated heterocycles. The number of carbonyl (C=O) groups is 4. The number of thioether (sulfide) groups is 1. The van der Waals surface area contributed by atoms with Gasteiger partial charge in [0, 0.05) is 41.7 Å². The normalized spacial score (nSPS) is 28.7. The van der Waals surface area contributed by atoms with Crippen LogP contribution < -0.4 is 10.6 Å². The molecule has 3 rings (SSSR count). The molecule has 6 atom stereocenters. The first-order valence-corrected chi connectivity index (χ1v) is 12.2. The van der Waals surface area contributed by atoms with Crippen LogP contribution in [0.5, 0.6) is 0 Å². The van der Waals surface area contributed by atoms with Gasteiger partial charge < -0.3 is 35.8 Å². The van der Waals surface area contributed by atoms with Gasteiger partial charge in [0.25, 0.3) is 5.91 Å². The lowest BCUT2D eigenvalue weighted by molar-refractivity contribution is -0.159. The summed E-state index contributed by atoms with van der Waals surface area (Å²) < 4.78 is 25.3. The second-order valence-electron chi connectivity index (χ2n) is 8.84. The van der Waals surface area contributed by atoms with E-state index in [2.05, 4.69) is 10.6 Å². The lowest BCUT2D eigenvalue weighted by Crippen LogP contribution is -2.66. The maximum Gasteiger partial charge on any atom is 0.353 e. The van der Waals surface area contributed by atoms with Crippen molar-refractivity contribution in [2.75, 3.05) is 32.8 Å². The summed E-state index contributed by atoms with van der Waals surface area (Å²) in [5.74, 6) is -4.83. The quantitative estimate of drug-likeness (QED) is 0.211. The fourth-order valence-electron chi connectivity index (χ4n) is 5.03. The average Bonchev–Trinajstić information content (AvgIpc) is 3.35. The van der Waals surface area contributed by atoms with E-state index >= 15 is 0 Å². The summed E-state index contributed by atoms with van der Waals surface area (Å²) in [5, 5.41) is 33.2. The van der Waals surface area contributed by atoms with Gasteiger partial charge in [-0.05, 0) is 13.3 Å². The topological polar surface area (TPSA) is 160 Å². The molecule has 0 aromatic heterocycles. The van der Waals surface area contributed by atoms with Crippen molar-refractivity contribution in [3.63, 3.8) is 0 Å². The Kier molecular flexibility index (Phi) is 8.72. The van der Waals surface area contributed by atoms with Crippen molar-refractivity contribution in [3.8, 4) is 0 Å². The molecule has 0 aromatic carbocycles. The van der Waals surface area contributed by atoms with E-state index in [0.29, 0.717) is 17.9 Å². The van der Waals surface area contributed by atoms with Gasteiger partial charge in [0.1, 0.15) is 5.70 Å². The smallest absolute Gasteiger partial charge is 0.353 e. The Hall–Kier alpha value is -2.29. The summed E-state index contributed by atoms with van der Waals surface area (Å²) in [4.78, 5) is 52.0. The van der Waals surface area contributed by atoms with Crippen molar-refractivity contribution in [1.29, 1.82) is 0 Å². The standard InChI is InChI=1S/C21H30F2N4O7S/c1-9-14-13(10(2)25-18(30)17(22)23)20(32)27(14)15(21(33)34)16(9)35-11-7-12(24-8-11)19(31)26(3-5-28)4-6-29/h9-14,17,24,28-29H,3-8H2,1-2H3,(H,25,30)(H,33,34)/t9-,10-,11+,12+,13-,14-/m1/s1. The Bertz CT molecular complexity index is 899. The number of aliphatic hydroxyl groups is 2. The van der Waals surface area contributed by atoms with Gasteiger partial charge in [-0.25, -0.2) is 4.79 Å². The number of amides is 3. The molecule has 0 aromatic rings. The fourth-order valence-corrected chi connectivity index (χ4v) is 6.51. The van der Waals surface area contributed by atoms with Crippen LogP contribution in [0, 0.1) is 11.8 Å². The predicted molar refractivity (Wildman–Crippen MR) is 120 cm³/mol. The van der Waals surface area contributed by atoms with Crippen molar-refractivity contribution in [2.24, 2.45) is 11.8 Å². The minimum atomic E-state index is -3.22. The van der Waals surface area contributed by atoms with Gasteiger partial charge in [-0.15, -0.1) is 11.8 Å². The highest BCUT2D eigenvalue weighted by atomic mass is 32.2. The third-order valence-corrected chi connectivity index (χ3v) is 8.14. The fraction of sp³-hybridized carbons (Fsp3) is 0.714. The highest BCUT2D eigenvalue weighted by Gasteiger charge is 2.60. The number of hydrogen-bond acceptors (Lipinski definition) is 8. The largest absolute Gasteiger partial charge is 0.477 e. The van der Waals surface area contributed by atoms with Gasteiger partial charge in [0.2, 0.25) is 11.8 Å². The van der Waals surface area contributed by atoms with Crippen molar-refractivity contribution in [1.82, 2.24) is 20.4 Å². The Labute approximate surface area is 204 Å². The second kappa shape index (κ2) is 11.2. The number of nitrogens with zero attached hydrogens (tertiary/aromatic N) is 2. The zero-order valence-corrected chi connectivity index (χ0v) is 20.1. The first-order valence-electron chi connectivity index (χ1n) is 11.3. The molecule has 11 nitrogen and oxygen atoms in total. The molecule has 35 heavy (non-hydrogen) atoms. The highest BCUT2D eigenvalue weighted by Crippen LogP contribution is 2.51. The molecule has 196 valence electrons. The van der Waals surface area contributed by atoms with E-state index in [-0.39, 0.29) is 43.2 Å². The number of carboxylic acid groups (broad SMARTS) is 1. The van der Waals surface area contributed by atoms with Crippen molar-refractivity contribution < 1.29 is 43.3 Å². The van der Waals surface area contributed by atoms with Gasteiger partial charge in [-0.2, -0.15) is 8.78 Å². The van der Waals surface area contributed by atoms with Crippen LogP contribution in [-0.4, -0.2) is 111 Å². The first kappa shape index (κ1) is 27.3. The minimum Gasteiger partial charge on any atom is -0.477 e. The van der Waals surface area contributed by atoms with Crippen molar-refractivity contribution in [3.05, 3.63) is 10.6 Å². The lowest BCUT2D eigenvalue weighted by Gasteiger charge is -2.47. The third kappa shape index (κ3) is 5.29. The number of rotatable bonds is 11. The number of halogens is 2. The number of nitrogens with one attached hydrogen (secondary N) is 2. The molecule has 5 N–H and O–H groups in total. The van der Waals surface area contributed by atoms with E-state index in [0.717, 1.165) is 0 Å². The molecule has 0 bridgehead atoms. The number of carbonyl (C=O) groups excluding carboxylic acids is 3. The van der Waals surface area contributed by atoms with Crippen LogP contribution in [-0.2, 0) is 19.2 Å². The van der Waals surface area contributed by atoms with E-state index < -0.39 is 54.2 Å². The maximum absolute atomic E-state index is 12.8. The van der Waals surface area contributed by atoms with Crippen LogP contribution in [0.1, 0.15) is 20.3 Å². The summed E-state index contributed by atoms with van der Waals surface area (Å²) in [6.45, 7) is 3.28. The molecular formula is C21H30F2N4O7S. The van der Waals surface area contributed by atoms with E-state index in [1.807, 2.05) is 0 Å². The number of aliphatic carboxylic acids is 1. The van der Waals surface area contributed by atoms with Gasteiger partial charge in [-0.3, -0.25) is 14.4 Å². The molecular weight excluding hydrogens is 490 g/mol. The predicted octanol–water partition coefficient (Wildman–Crippen LogP) is -1.19. The SMILES string of the molecule is C[C@@H](NC(=O)C(F)F)[C@H]1C(=O)N2C(C(=O)O)=C(S[C@@H]3CN[C@H](C(=O)N(CCO)CCO)C3)[C@H](C)[C@H]12. The van der Waals surface area contributed by atoms with Crippen molar-refractivity contribution in [2.45, 2.75) is 50.1 Å². The number of aliphatic hydroxyl groups excluding tert-OH is 2. The number of fused-ring (bicyclic) bond motifs is 1. The molecule has 0 unspecified atom stereocenters.